The molecule has 0 N–H and O–H groups in total. The number of benzene rings is 3. The minimum atomic E-state index is -0.391. The van der Waals surface area contributed by atoms with Gasteiger partial charge in [-0.05, 0) is 80.6 Å². The number of non-ortho nitro benzene ring substituents is 1. The van der Waals surface area contributed by atoms with E-state index in [4.69, 9.17) is 0 Å². The summed E-state index contributed by atoms with van der Waals surface area (Å²) < 4.78 is 3.28. The maximum atomic E-state index is 10.8. The van der Waals surface area contributed by atoms with Crippen molar-refractivity contribution in [2.45, 2.75) is 23.6 Å². The second kappa shape index (κ2) is 9.54. The summed E-state index contributed by atoms with van der Waals surface area (Å²) >= 11 is 5.04. The fourth-order valence-corrected chi connectivity index (χ4v) is 4.50. The van der Waals surface area contributed by atoms with Crippen molar-refractivity contribution in [1.29, 1.82) is 0 Å². The first-order valence-corrected chi connectivity index (χ1v) is 11.5. The lowest BCUT2D eigenvalue weighted by molar-refractivity contribution is -0.384. The quantitative estimate of drug-likeness (QED) is 0.153. The van der Waals surface area contributed by atoms with Gasteiger partial charge >= 0.3 is 0 Å². The van der Waals surface area contributed by atoms with Gasteiger partial charge in [-0.25, -0.2) is 0 Å². The minimum absolute atomic E-state index is 0.0959. The van der Waals surface area contributed by atoms with Gasteiger partial charge in [-0.1, -0.05) is 27.7 Å². The van der Waals surface area contributed by atoms with Gasteiger partial charge < -0.3 is 4.57 Å². The SMILES string of the molecule is Cc1cc(C=Nc2ccc(Sc3ccc([N+](=O)[O-])cc3)cc2)c(C)n1-c1ccc(Br)cc1. The molecule has 0 aliphatic carbocycles. The highest BCUT2D eigenvalue weighted by molar-refractivity contribution is 9.10. The molecule has 0 radical (unpaired) electrons. The molecule has 0 aliphatic heterocycles. The fraction of sp³-hybridized carbons (Fsp3) is 0.0800. The van der Waals surface area contributed by atoms with Gasteiger partial charge in [0.2, 0.25) is 0 Å². The number of nitrogens with zero attached hydrogens (tertiary/aromatic N) is 3. The van der Waals surface area contributed by atoms with Crippen LogP contribution in [0.3, 0.4) is 0 Å². The molecule has 0 bridgehead atoms. The third-order valence-corrected chi connectivity index (χ3v) is 6.57. The van der Waals surface area contributed by atoms with Gasteiger partial charge in [0, 0.05) is 55.2 Å². The standard InChI is InChI=1S/C25H20BrN3O2S/c1-17-15-19(18(2)28(17)22-7-3-20(26)4-8-22)16-27-21-5-11-24(12-6-21)32-25-13-9-23(10-14-25)29(30)31/h3-16H,1-2H3. The van der Waals surface area contributed by atoms with Crippen molar-refractivity contribution in [3.05, 3.63) is 110 Å². The van der Waals surface area contributed by atoms with E-state index in [1.165, 1.54) is 12.1 Å². The zero-order chi connectivity index (χ0) is 22.7. The molecule has 0 amide bonds. The summed E-state index contributed by atoms with van der Waals surface area (Å²) in [4.78, 5) is 17.0. The Kier molecular flexibility index (Phi) is 6.58. The lowest BCUT2D eigenvalue weighted by Gasteiger charge is -2.09. The summed E-state index contributed by atoms with van der Waals surface area (Å²) in [6, 6.07) is 24.9. The third kappa shape index (κ3) is 5.00. The van der Waals surface area contributed by atoms with Crippen molar-refractivity contribution in [2.75, 3.05) is 0 Å². The molecule has 0 unspecified atom stereocenters. The minimum Gasteiger partial charge on any atom is -0.318 e. The van der Waals surface area contributed by atoms with Crippen molar-refractivity contribution < 1.29 is 4.92 Å². The zero-order valence-electron chi connectivity index (χ0n) is 17.5. The highest BCUT2D eigenvalue weighted by Crippen LogP contribution is 2.30. The van der Waals surface area contributed by atoms with Crippen LogP contribution in [0, 0.1) is 24.0 Å². The predicted molar refractivity (Wildman–Crippen MR) is 134 cm³/mol. The average molecular weight is 506 g/mol. The van der Waals surface area contributed by atoms with Crippen LogP contribution in [0.1, 0.15) is 17.0 Å². The van der Waals surface area contributed by atoms with Gasteiger partial charge in [0.1, 0.15) is 0 Å². The molecule has 5 nitrogen and oxygen atoms in total. The summed E-state index contributed by atoms with van der Waals surface area (Å²) in [7, 11) is 0. The van der Waals surface area contributed by atoms with Crippen LogP contribution in [0.5, 0.6) is 0 Å². The molecule has 32 heavy (non-hydrogen) atoms. The summed E-state index contributed by atoms with van der Waals surface area (Å²) in [5, 5.41) is 10.8. The molecule has 0 atom stereocenters. The molecule has 1 heterocycles. The molecule has 0 saturated heterocycles. The smallest absolute Gasteiger partial charge is 0.269 e. The van der Waals surface area contributed by atoms with E-state index in [9.17, 15) is 10.1 Å². The lowest BCUT2D eigenvalue weighted by Crippen LogP contribution is -1.99. The monoisotopic (exact) mass is 505 g/mol. The first-order chi connectivity index (χ1) is 15.4. The first-order valence-electron chi connectivity index (χ1n) is 9.92. The van der Waals surface area contributed by atoms with E-state index < -0.39 is 4.92 Å². The molecule has 3 aromatic carbocycles. The topological polar surface area (TPSA) is 60.4 Å². The van der Waals surface area contributed by atoms with E-state index in [2.05, 4.69) is 57.5 Å². The lowest BCUT2D eigenvalue weighted by atomic mass is 10.2. The molecule has 7 heteroatoms. The highest BCUT2D eigenvalue weighted by atomic mass is 79.9. The van der Waals surface area contributed by atoms with Crippen LogP contribution in [0.15, 0.2) is 98.1 Å². The molecule has 1 aromatic heterocycles. The Morgan fingerprint density at radius 1 is 0.938 bits per heavy atom. The summed E-state index contributed by atoms with van der Waals surface area (Å²) in [6.45, 7) is 4.19. The van der Waals surface area contributed by atoms with E-state index in [1.54, 1.807) is 23.9 Å². The Bertz CT molecular complexity index is 1280. The molecule has 4 aromatic rings. The highest BCUT2D eigenvalue weighted by Gasteiger charge is 2.09. The maximum absolute atomic E-state index is 10.8. The maximum Gasteiger partial charge on any atom is 0.269 e. The normalized spacial score (nSPS) is 11.2. The van der Waals surface area contributed by atoms with Crippen LogP contribution in [0.2, 0.25) is 0 Å². The Hall–Kier alpha value is -3.16. The number of aryl methyl sites for hydroxylation is 1. The first kappa shape index (κ1) is 22.0. The van der Waals surface area contributed by atoms with Crippen molar-refractivity contribution in [3.8, 4) is 5.69 Å². The van der Waals surface area contributed by atoms with E-state index in [0.29, 0.717) is 0 Å². The average Bonchev–Trinajstić information content (AvgIpc) is 3.07. The van der Waals surface area contributed by atoms with Crippen LogP contribution in [-0.4, -0.2) is 15.7 Å². The molecular formula is C25H20BrN3O2S. The van der Waals surface area contributed by atoms with E-state index in [-0.39, 0.29) is 5.69 Å². The number of aromatic nitrogens is 1. The number of rotatable bonds is 6. The fourth-order valence-electron chi connectivity index (χ4n) is 3.42. The van der Waals surface area contributed by atoms with Gasteiger partial charge in [-0.15, -0.1) is 0 Å². The predicted octanol–water partition coefficient (Wildman–Crippen LogP) is 7.67. The molecule has 0 spiro atoms. The second-order valence-electron chi connectivity index (χ2n) is 7.24. The van der Waals surface area contributed by atoms with Crippen molar-refractivity contribution in [3.63, 3.8) is 0 Å². The largest absolute Gasteiger partial charge is 0.318 e. The van der Waals surface area contributed by atoms with Gasteiger partial charge in [0.15, 0.2) is 0 Å². The Labute approximate surface area is 199 Å². The molecule has 0 aliphatic rings. The Morgan fingerprint density at radius 3 is 2.12 bits per heavy atom. The number of hydrogen-bond donors (Lipinski definition) is 0. The third-order valence-electron chi connectivity index (χ3n) is 5.03. The molecule has 0 fully saturated rings. The van der Waals surface area contributed by atoms with Crippen molar-refractivity contribution >= 4 is 45.3 Å². The van der Waals surface area contributed by atoms with Crippen LogP contribution >= 0.6 is 27.7 Å². The van der Waals surface area contributed by atoms with Crippen LogP contribution in [0.25, 0.3) is 5.69 Å². The van der Waals surface area contributed by atoms with E-state index >= 15 is 0 Å². The number of aliphatic imine (C=N–C) groups is 1. The Morgan fingerprint density at radius 2 is 1.53 bits per heavy atom. The number of halogens is 1. The summed E-state index contributed by atoms with van der Waals surface area (Å²) in [6.07, 6.45) is 1.90. The van der Waals surface area contributed by atoms with Gasteiger partial charge in [-0.2, -0.15) is 0 Å². The Balaban J connectivity index is 1.48. The van der Waals surface area contributed by atoms with Crippen LogP contribution < -0.4 is 0 Å². The molecule has 0 saturated carbocycles. The van der Waals surface area contributed by atoms with Crippen molar-refractivity contribution in [2.24, 2.45) is 4.99 Å². The van der Waals surface area contributed by atoms with Crippen molar-refractivity contribution in [1.82, 2.24) is 4.57 Å². The van der Waals surface area contributed by atoms with Crippen LogP contribution in [0.4, 0.5) is 11.4 Å². The molecule has 160 valence electrons. The number of hydrogen-bond acceptors (Lipinski definition) is 4. The van der Waals surface area contributed by atoms with Gasteiger partial charge in [-0.3, -0.25) is 15.1 Å². The molecular weight excluding hydrogens is 486 g/mol. The zero-order valence-corrected chi connectivity index (χ0v) is 19.9. The summed E-state index contributed by atoms with van der Waals surface area (Å²) in [5.41, 5.74) is 5.45. The van der Waals surface area contributed by atoms with E-state index in [1.807, 2.05) is 42.6 Å². The van der Waals surface area contributed by atoms with Gasteiger partial charge in [0.25, 0.3) is 5.69 Å². The van der Waals surface area contributed by atoms with E-state index in [0.717, 1.165) is 42.6 Å². The molecule has 4 rings (SSSR count). The second-order valence-corrected chi connectivity index (χ2v) is 9.31. The van der Waals surface area contributed by atoms with Gasteiger partial charge in [0.05, 0.1) is 10.6 Å². The van der Waals surface area contributed by atoms with Crippen LogP contribution in [-0.2, 0) is 0 Å². The number of nitro benzene ring substituents is 1. The summed E-state index contributed by atoms with van der Waals surface area (Å²) in [5.74, 6) is 0. The number of nitro groups is 1.